The Morgan fingerprint density at radius 3 is 2.12 bits per heavy atom. The standard InChI is InChI=1S/C19H30N2O.C7H6Cl2.C2H6/c1-4-9-16(3)18(5-2)19(22)21-14-10-17(11-15-21)20-12-7-6-8-13-20;1-5-2-3-6(8)7(9)4-5;1-2/h4-5,9,17H,1,6-8,10-15H2,2-3H3;2-4H,1H3;1-2H3/b16-9-,18-5+;;. The third-order valence-corrected chi connectivity index (χ3v) is 6.78. The highest BCUT2D eigenvalue weighted by molar-refractivity contribution is 6.42. The Morgan fingerprint density at radius 1 is 1.03 bits per heavy atom. The molecule has 0 saturated carbocycles. The number of allylic oxidation sites excluding steroid dienone is 3. The summed E-state index contributed by atoms with van der Waals surface area (Å²) < 4.78 is 0. The van der Waals surface area contributed by atoms with Crippen LogP contribution >= 0.6 is 23.2 Å². The number of likely N-dealkylation sites (tertiary alicyclic amines) is 2. The van der Waals surface area contributed by atoms with E-state index in [0.29, 0.717) is 16.1 Å². The summed E-state index contributed by atoms with van der Waals surface area (Å²) >= 11 is 11.3. The zero-order chi connectivity index (χ0) is 24.8. The molecule has 3 nitrogen and oxygen atoms in total. The number of piperidine rings is 2. The molecule has 2 fully saturated rings. The van der Waals surface area contributed by atoms with E-state index in [4.69, 9.17) is 23.2 Å². The number of amides is 1. The normalized spacial score (nSPS) is 18.0. The highest BCUT2D eigenvalue weighted by Crippen LogP contribution is 2.23. The zero-order valence-corrected chi connectivity index (χ0v) is 22.7. The highest BCUT2D eigenvalue weighted by atomic mass is 35.5. The van der Waals surface area contributed by atoms with Crippen molar-refractivity contribution in [2.45, 2.75) is 72.8 Å². The van der Waals surface area contributed by atoms with Gasteiger partial charge in [0.1, 0.15) is 0 Å². The van der Waals surface area contributed by atoms with Crippen LogP contribution in [0.5, 0.6) is 0 Å². The van der Waals surface area contributed by atoms with Gasteiger partial charge in [-0.25, -0.2) is 0 Å². The summed E-state index contributed by atoms with van der Waals surface area (Å²) in [6.45, 7) is 17.9. The highest BCUT2D eigenvalue weighted by Gasteiger charge is 2.28. The lowest BCUT2D eigenvalue weighted by molar-refractivity contribution is -0.128. The molecule has 33 heavy (non-hydrogen) atoms. The van der Waals surface area contributed by atoms with Crippen molar-refractivity contribution < 1.29 is 4.79 Å². The smallest absolute Gasteiger partial charge is 0.253 e. The van der Waals surface area contributed by atoms with E-state index >= 15 is 0 Å². The fraction of sp³-hybridized carbons (Fsp3) is 0.536. The lowest BCUT2D eigenvalue weighted by atomic mass is 9.98. The van der Waals surface area contributed by atoms with Crippen LogP contribution in [-0.4, -0.2) is 47.9 Å². The fourth-order valence-corrected chi connectivity index (χ4v) is 4.63. The number of hydrogen-bond donors (Lipinski definition) is 0. The molecular weight excluding hydrogens is 451 g/mol. The van der Waals surface area contributed by atoms with Gasteiger partial charge in [-0.05, 0) is 82.8 Å². The molecule has 2 saturated heterocycles. The minimum Gasteiger partial charge on any atom is -0.339 e. The van der Waals surface area contributed by atoms with E-state index in [0.717, 1.165) is 42.6 Å². The van der Waals surface area contributed by atoms with E-state index in [2.05, 4.69) is 11.5 Å². The first-order valence-corrected chi connectivity index (χ1v) is 13.0. The van der Waals surface area contributed by atoms with Crippen LogP contribution in [0.25, 0.3) is 0 Å². The lowest BCUT2D eigenvalue weighted by Crippen LogP contribution is -2.48. The van der Waals surface area contributed by atoms with Crippen molar-refractivity contribution in [3.8, 4) is 0 Å². The summed E-state index contributed by atoms with van der Waals surface area (Å²) in [6.07, 6.45) is 11.9. The van der Waals surface area contributed by atoms with Crippen molar-refractivity contribution in [1.29, 1.82) is 0 Å². The molecule has 0 aromatic heterocycles. The molecule has 0 aliphatic carbocycles. The summed E-state index contributed by atoms with van der Waals surface area (Å²) in [4.78, 5) is 17.4. The van der Waals surface area contributed by atoms with Crippen LogP contribution in [0.1, 0.15) is 65.4 Å². The van der Waals surface area contributed by atoms with Crippen molar-refractivity contribution in [3.63, 3.8) is 0 Å². The predicted molar refractivity (Wildman–Crippen MR) is 145 cm³/mol. The molecule has 184 valence electrons. The van der Waals surface area contributed by atoms with Crippen LogP contribution in [0.3, 0.4) is 0 Å². The van der Waals surface area contributed by atoms with Gasteiger partial charge in [-0.2, -0.15) is 0 Å². The van der Waals surface area contributed by atoms with Crippen LogP contribution in [0, 0.1) is 6.92 Å². The number of carbonyl (C=O) groups is 1. The first-order chi connectivity index (χ1) is 15.9. The predicted octanol–water partition coefficient (Wildman–Crippen LogP) is 7.87. The Kier molecular flexibility index (Phi) is 14.4. The largest absolute Gasteiger partial charge is 0.339 e. The fourth-order valence-electron chi connectivity index (χ4n) is 4.28. The van der Waals surface area contributed by atoms with Crippen molar-refractivity contribution in [1.82, 2.24) is 9.80 Å². The van der Waals surface area contributed by atoms with Crippen molar-refractivity contribution in [2.24, 2.45) is 0 Å². The number of benzene rings is 1. The van der Waals surface area contributed by atoms with Gasteiger partial charge in [-0.1, -0.05) is 74.3 Å². The van der Waals surface area contributed by atoms with Crippen LogP contribution in [-0.2, 0) is 4.79 Å². The molecule has 2 heterocycles. The van der Waals surface area contributed by atoms with Gasteiger partial charge in [0.15, 0.2) is 0 Å². The van der Waals surface area contributed by atoms with Gasteiger partial charge in [0.05, 0.1) is 10.0 Å². The lowest BCUT2D eigenvalue weighted by Gasteiger charge is -2.40. The molecule has 0 unspecified atom stereocenters. The maximum Gasteiger partial charge on any atom is 0.253 e. The summed E-state index contributed by atoms with van der Waals surface area (Å²) in [7, 11) is 0. The zero-order valence-electron chi connectivity index (χ0n) is 21.2. The summed E-state index contributed by atoms with van der Waals surface area (Å²) in [5.41, 5.74) is 2.95. The molecule has 1 aromatic carbocycles. The first-order valence-electron chi connectivity index (χ1n) is 12.3. The Balaban J connectivity index is 0.000000412. The van der Waals surface area contributed by atoms with Gasteiger partial charge in [-0.3, -0.25) is 4.79 Å². The summed E-state index contributed by atoms with van der Waals surface area (Å²) in [5.74, 6) is 0.176. The average molecular weight is 494 g/mol. The Morgan fingerprint density at radius 2 is 1.64 bits per heavy atom. The van der Waals surface area contributed by atoms with Gasteiger partial charge in [0.2, 0.25) is 0 Å². The third kappa shape index (κ3) is 9.68. The molecule has 2 aliphatic rings. The van der Waals surface area contributed by atoms with Gasteiger partial charge in [0, 0.05) is 24.7 Å². The molecule has 0 atom stereocenters. The van der Waals surface area contributed by atoms with E-state index < -0.39 is 0 Å². The second kappa shape index (κ2) is 16.1. The molecular formula is C28H42Cl2N2O. The number of nitrogens with zero attached hydrogens (tertiary/aromatic N) is 2. The third-order valence-electron chi connectivity index (χ3n) is 6.05. The minimum absolute atomic E-state index is 0.176. The second-order valence-corrected chi connectivity index (χ2v) is 9.14. The molecule has 5 heteroatoms. The van der Waals surface area contributed by atoms with Gasteiger partial charge >= 0.3 is 0 Å². The van der Waals surface area contributed by atoms with Crippen LogP contribution in [0.15, 0.2) is 54.2 Å². The van der Waals surface area contributed by atoms with Crippen molar-refractivity contribution in [2.75, 3.05) is 26.2 Å². The number of halogens is 2. The molecule has 0 spiro atoms. The number of hydrogen-bond acceptors (Lipinski definition) is 2. The minimum atomic E-state index is 0.176. The van der Waals surface area contributed by atoms with Crippen molar-refractivity contribution >= 4 is 29.1 Å². The van der Waals surface area contributed by atoms with Crippen LogP contribution < -0.4 is 0 Å². The quantitative estimate of drug-likeness (QED) is 0.315. The van der Waals surface area contributed by atoms with E-state index in [-0.39, 0.29) is 5.91 Å². The molecule has 2 aliphatic heterocycles. The first kappa shape index (κ1) is 29.5. The number of carbonyl (C=O) groups excluding carboxylic acids is 1. The maximum atomic E-state index is 12.7. The van der Waals surface area contributed by atoms with E-state index in [1.165, 1.54) is 32.4 Å². The van der Waals surface area contributed by atoms with Gasteiger partial charge in [0.25, 0.3) is 5.91 Å². The Hall–Kier alpha value is -1.55. The average Bonchev–Trinajstić information content (AvgIpc) is 2.84. The van der Waals surface area contributed by atoms with Gasteiger partial charge in [-0.15, -0.1) is 0 Å². The molecule has 0 bridgehead atoms. The van der Waals surface area contributed by atoms with Crippen molar-refractivity contribution in [3.05, 3.63) is 69.8 Å². The molecule has 3 rings (SSSR count). The maximum absolute atomic E-state index is 12.7. The molecule has 0 N–H and O–H groups in total. The molecule has 0 radical (unpaired) electrons. The van der Waals surface area contributed by atoms with Gasteiger partial charge < -0.3 is 9.80 Å². The Labute approximate surface area is 212 Å². The molecule has 1 aromatic rings. The number of rotatable bonds is 4. The topological polar surface area (TPSA) is 23.6 Å². The summed E-state index contributed by atoms with van der Waals surface area (Å²) in [5, 5.41) is 1.24. The molecule has 1 amide bonds. The number of aryl methyl sites for hydroxylation is 1. The van der Waals surface area contributed by atoms with E-state index in [1.807, 2.05) is 63.8 Å². The second-order valence-electron chi connectivity index (χ2n) is 8.33. The SMILES string of the molecule is C=C/C=C(C)\C(=C/C)C(=O)N1CCC(N2CCCCC2)CC1.CC.Cc1ccc(Cl)c(Cl)c1. The van der Waals surface area contributed by atoms with Crippen LogP contribution in [0.2, 0.25) is 10.0 Å². The van der Waals surface area contributed by atoms with E-state index in [9.17, 15) is 4.79 Å². The van der Waals surface area contributed by atoms with E-state index in [1.54, 1.807) is 12.1 Å². The summed E-state index contributed by atoms with van der Waals surface area (Å²) in [6, 6.07) is 6.24. The van der Waals surface area contributed by atoms with Crippen LogP contribution in [0.4, 0.5) is 0 Å². The monoisotopic (exact) mass is 492 g/mol. The Bertz CT molecular complexity index is 802.